The molecule has 2 saturated heterocycles. The number of anilines is 1. The zero-order valence-corrected chi connectivity index (χ0v) is 18.3. The number of esters is 2. The Bertz CT molecular complexity index is 1380. The fourth-order valence-corrected chi connectivity index (χ4v) is 4.90. The third-order valence-corrected chi connectivity index (χ3v) is 6.56. The van der Waals surface area contributed by atoms with E-state index in [1.165, 1.54) is 0 Å². The molecule has 4 heterocycles. The number of aromatic amines is 2. The Kier molecular flexibility index (Phi) is 4.56. The molecule has 2 N–H and O–H groups in total. The number of nitrogens with one attached hydrogen (secondary N) is 2. The maximum absolute atomic E-state index is 12.1. The van der Waals surface area contributed by atoms with Crippen LogP contribution in [-0.4, -0.2) is 64.1 Å². The molecule has 168 valence electrons. The Morgan fingerprint density at radius 2 is 1.91 bits per heavy atom. The summed E-state index contributed by atoms with van der Waals surface area (Å²) in [5.74, 6) is -3.41. The molecule has 4 aromatic rings. The second-order valence-corrected chi connectivity index (χ2v) is 8.67. The van der Waals surface area contributed by atoms with E-state index in [1.807, 2.05) is 47.5 Å². The highest BCUT2D eigenvalue weighted by Gasteiger charge is 2.56. The van der Waals surface area contributed by atoms with Gasteiger partial charge in [0.2, 0.25) is 0 Å². The number of benzene rings is 2. The summed E-state index contributed by atoms with van der Waals surface area (Å²) >= 11 is 6.06. The Labute approximate surface area is 193 Å². The lowest BCUT2D eigenvalue weighted by Crippen LogP contribution is -2.64. The van der Waals surface area contributed by atoms with Crippen molar-refractivity contribution in [2.75, 3.05) is 31.1 Å². The molecule has 6 rings (SSSR count). The largest absolute Gasteiger partial charge is 0.421 e. The number of rotatable bonds is 4. The summed E-state index contributed by atoms with van der Waals surface area (Å²) in [4.78, 5) is 31.4. The van der Waals surface area contributed by atoms with Crippen molar-refractivity contribution in [3.63, 3.8) is 0 Å². The lowest BCUT2D eigenvalue weighted by molar-refractivity contribution is -0.250. The second kappa shape index (κ2) is 7.50. The quantitative estimate of drug-likeness (QED) is 0.353. The fraction of sp³-hybridized carbons (Fsp3) is 0.261. The van der Waals surface area contributed by atoms with Crippen LogP contribution >= 0.6 is 11.6 Å². The van der Waals surface area contributed by atoms with Gasteiger partial charge in [-0.1, -0.05) is 17.7 Å². The summed E-state index contributed by atoms with van der Waals surface area (Å²) in [6.45, 7) is 1.94. The van der Waals surface area contributed by atoms with E-state index in [0.29, 0.717) is 31.1 Å². The number of fused-ring (bicyclic) bond motifs is 2. The van der Waals surface area contributed by atoms with Gasteiger partial charge in [0.15, 0.2) is 0 Å². The van der Waals surface area contributed by atoms with Crippen LogP contribution in [0.3, 0.4) is 0 Å². The topological polar surface area (TPSA) is 104 Å². The summed E-state index contributed by atoms with van der Waals surface area (Å²) in [6, 6.07) is 13.5. The minimum atomic E-state index is -1.47. The van der Waals surface area contributed by atoms with E-state index >= 15 is 0 Å². The monoisotopic (exact) mass is 465 g/mol. The number of H-pyrrole nitrogens is 2. The predicted molar refractivity (Wildman–Crippen MR) is 122 cm³/mol. The molecule has 2 fully saturated rings. The van der Waals surface area contributed by atoms with Crippen LogP contribution in [0.15, 0.2) is 48.7 Å². The van der Waals surface area contributed by atoms with Crippen molar-refractivity contribution in [1.29, 1.82) is 0 Å². The molecule has 0 bridgehead atoms. The molecule has 2 aromatic carbocycles. The molecule has 1 spiro atoms. The van der Waals surface area contributed by atoms with E-state index in [1.54, 1.807) is 6.07 Å². The van der Waals surface area contributed by atoms with Crippen LogP contribution < -0.4 is 4.90 Å². The van der Waals surface area contributed by atoms with E-state index in [2.05, 4.69) is 20.1 Å². The van der Waals surface area contributed by atoms with Crippen LogP contribution in [0.1, 0.15) is 5.69 Å². The van der Waals surface area contributed by atoms with E-state index in [-0.39, 0.29) is 6.54 Å². The van der Waals surface area contributed by atoms with Crippen molar-refractivity contribution in [2.45, 2.75) is 12.3 Å². The molecule has 2 aliphatic rings. The van der Waals surface area contributed by atoms with Gasteiger partial charge in [-0.15, -0.1) is 0 Å². The van der Waals surface area contributed by atoms with Gasteiger partial charge in [-0.05, 0) is 36.4 Å². The predicted octanol–water partition coefficient (Wildman–Crippen LogP) is 2.82. The number of halogens is 1. The van der Waals surface area contributed by atoms with Crippen LogP contribution in [0.4, 0.5) is 5.69 Å². The van der Waals surface area contributed by atoms with Gasteiger partial charge in [0.25, 0.3) is 0 Å². The Morgan fingerprint density at radius 3 is 2.76 bits per heavy atom. The van der Waals surface area contributed by atoms with E-state index < -0.39 is 17.8 Å². The smallest absolute Gasteiger partial charge is 0.398 e. The van der Waals surface area contributed by atoms with Gasteiger partial charge >= 0.3 is 17.8 Å². The molecule has 9 nitrogen and oxygen atoms in total. The summed E-state index contributed by atoms with van der Waals surface area (Å²) in [5, 5.41) is 10.0. The van der Waals surface area contributed by atoms with Crippen molar-refractivity contribution in [2.24, 2.45) is 0 Å². The minimum absolute atomic E-state index is 0.216. The van der Waals surface area contributed by atoms with Gasteiger partial charge < -0.3 is 19.4 Å². The highest BCUT2D eigenvalue weighted by molar-refractivity contribution is 6.31. The molecule has 0 radical (unpaired) electrons. The Balaban J connectivity index is 1.28. The van der Waals surface area contributed by atoms with Gasteiger partial charge in [0, 0.05) is 64.9 Å². The van der Waals surface area contributed by atoms with Crippen molar-refractivity contribution in [3.8, 4) is 0 Å². The van der Waals surface area contributed by atoms with E-state index in [9.17, 15) is 9.59 Å². The standard InChI is InChI=1S/C23H20ClN5O4/c24-14-4-5-15-18(26-27-19(15)12-14)7-9-29-11-10-28(13-23(29)32-21(30)22(31)33-23)20-3-1-2-17-16(20)6-8-25-17/h1-6,8,12,25H,7,9-11,13H2,(H,26,27). The summed E-state index contributed by atoms with van der Waals surface area (Å²) in [7, 11) is 0. The van der Waals surface area contributed by atoms with Crippen LogP contribution in [0, 0.1) is 0 Å². The molecule has 10 heteroatoms. The van der Waals surface area contributed by atoms with Crippen molar-refractivity contribution < 1.29 is 19.1 Å². The van der Waals surface area contributed by atoms with Crippen molar-refractivity contribution >= 4 is 51.0 Å². The van der Waals surface area contributed by atoms with E-state index in [0.717, 1.165) is 33.2 Å². The third kappa shape index (κ3) is 3.32. The van der Waals surface area contributed by atoms with Crippen LogP contribution in [0.25, 0.3) is 21.8 Å². The van der Waals surface area contributed by atoms with Gasteiger partial charge in [-0.3, -0.25) is 5.10 Å². The lowest BCUT2D eigenvalue weighted by Gasteiger charge is -2.45. The summed E-state index contributed by atoms with van der Waals surface area (Å²) in [6.07, 6.45) is 2.49. The molecular weight excluding hydrogens is 446 g/mol. The number of ether oxygens (including phenoxy) is 2. The number of carbonyl (C=O) groups is 2. The lowest BCUT2D eigenvalue weighted by atomic mass is 10.1. The number of carbonyl (C=O) groups excluding carboxylic acids is 2. The Hall–Kier alpha value is -3.56. The number of piperazine rings is 1. The number of aromatic nitrogens is 3. The molecule has 0 aliphatic carbocycles. The molecular formula is C23H20ClN5O4. The van der Waals surface area contributed by atoms with Crippen LogP contribution in [0.2, 0.25) is 5.02 Å². The first-order valence-corrected chi connectivity index (χ1v) is 11.1. The zero-order chi connectivity index (χ0) is 22.6. The molecule has 0 saturated carbocycles. The van der Waals surface area contributed by atoms with E-state index in [4.69, 9.17) is 21.1 Å². The molecule has 2 aliphatic heterocycles. The number of nitrogens with zero attached hydrogens (tertiary/aromatic N) is 3. The molecule has 0 atom stereocenters. The summed E-state index contributed by atoms with van der Waals surface area (Å²) in [5.41, 5.74) is 3.72. The third-order valence-electron chi connectivity index (χ3n) is 6.32. The average molecular weight is 466 g/mol. The van der Waals surface area contributed by atoms with Gasteiger partial charge in [-0.25, -0.2) is 14.5 Å². The van der Waals surface area contributed by atoms with Gasteiger partial charge in [0.05, 0.1) is 5.52 Å². The van der Waals surface area contributed by atoms with Crippen molar-refractivity contribution in [3.05, 3.63) is 59.4 Å². The SMILES string of the molecule is O=C1OC2(CN(c3cccc4[nH]ccc34)CCN2CCc2[nH]nc3cc(Cl)ccc23)OC1=O. The molecule has 2 aromatic heterocycles. The van der Waals surface area contributed by atoms with Crippen LogP contribution in [0.5, 0.6) is 0 Å². The maximum atomic E-state index is 12.1. The van der Waals surface area contributed by atoms with Crippen LogP contribution in [-0.2, 0) is 25.5 Å². The second-order valence-electron chi connectivity index (χ2n) is 8.23. The first kappa shape index (κ1) is 20.1. The highest BCUT2D eigenvalue weighted by atomic mass is 35.5. The molecule has 0 amide bonds. The minimum Gasteiger partial charge on any atom is -0.398 e. The van der Waals surface area contributed by atoms with Gasteiger partial charge in [-0.2, -0.15) is 5.10 Å². The fourth-order valence-electron chi connectivity index (χ4n) is 4.73. The zero-order valence-electron chi connectivity index (χ0n) is 17.5. The average Bonchev–Trinajstić information content (AvgIpc) is 3.50. The maximum Gasteiger partial charge on any atom is 0.421 e. The molecule has 0 unspecified atom stereocenters. The highest BCUT2D eigenvalue weighted by Crippen LogP contribution is 2.35. The molecule has 33 heavy (non-hydrogen) atoms. The summed E-state index contributed by atoms with van der Waals surface area (Å²) < 4.78 is 11.1. The van der Waals surface area contributed by atoms with Gasteiger partial charge in [0.1, 0.15) is 6.54 Å². The number of hydrogen-bond acceptors (Lipinski definition) is 7. The normalized spacial score (nSPS) is 18.4. The first-order chi connectivity index (χ1) is 16.0. The Morgan fingerprint density at radius 1 is 1.06 bits per heavy atom. The first-order valence-electron chi connectivity index (χ1n) is 10.7. The van der Waals surface area contributed by atoms with Crippen molar-refractivity contribution in [1.82, 2.24) is 20.1 Å². The number of hydrogen-bond donors (Lipinski definition) is 2.